The Kier molecular flexibility index (Phi) is 6.45. The van der Waals surface area contributed by atoms with Gasteiger partial charge in [0.2, 0.25) is 0 Å². The van der Waals surface area contributed by atoms with Gasteiger partial charge in [-0.15, -0.1) is 11.3 Å². The number of fused-ring (bicyclic) bond motifs is 3. The molecule has 0 saturated heterocycles. The maximum Gasteiger partial charge on any atom is 0.267 e. The third kappa shape index (κ3) is 4.29. The van der Waals surface area contributed by atoms with Gasteiger partial charge in [-0.2, -0.15) is 0 Å². The molecule has 170 valence electrons. The van der Waals surface area contributed by atoms with Crippen LogP contribution in [0.15, 0.2) is 52.4 Å². The average molecular weight is 501 g/mol. The number of benzene rings is 2. The molecule has 1 aliphatic carbocycles. The summed E-state index contributed by atoms with van der Waals surface area (Å²) in [6.07, 6.45) is 4.13. The molecule has 5 rings (SSSR count). The summed E-state index contributed by atoms with van der Waals surface area (Å²) in [5.41, 5.74) is 2.18. The van der Waals surface area contributed by atoms with Crippen molar-refractivity contribution in [2.24, 2.45) is 0 Å². The molecule has 2 aromatic carbocycles. The Bertz CT molecular complexity index is 1360. The molecule has 0 atom stereocenters. The molecule has 0 aliphatic heterocycles. The fraction of sp³-hybridized carbons (Fsp3) is 0.280. The number of hydrogen-bond acceptors (Lipinski definition) is 5. The van der Waals surface area contributed by atoms with Crippen molar-refractivity contribution >= 4 is 44.9 Å². The first-order valence-corrected chi connectivity index (χ1v) is 13.1. The van der Waals surface area contributed by atoms with Crippen LogP contribution in [0.4, 0.5) is 4.39 Å². The van der Waals surface area contributed by atoms with Crippen molar-refractivity contribution in [3.05, 3.63) is 79.7 Å². The molecular weight excluding hydrogens is 479 g/mol. The van der Waals surface area contributed by atoms with E-state index in [1.54, 1.807) is 28.0 Å². The summed E-state index contributed by atoms with van der Waals surface area (Å²) in [5, 5.41) is 1.61. The van der Waals surface area contributed by atoms with E-state index in [0.717, 1.165) is 47.2 Å². The molecule has 2 heterocycles. The predicted octanol–water partition coefficient (Wildman–Crippen LogP) is 6.81. The van der Waals surface area contributed by atoms with Crippen LogP contribution in [0.3, 0.4) is 0 Å². The summed E-state index contributed by atoms with van der Waals surface area (Å²) in [4.78, 5) is 20.7. The maximum atomic E-state index is 14.4. The van der Waals surface area contributed by atoms with Gasteiger partial charge in [0.15, 0.2) is 5.16 Å². The zero-order chi connectivity index (χ0) is 22.9. The van der Waals surface area contributed by atoms with Crippen LogP contribution in [0.1, 0.15) is 35.8 Å². The summed E-state index contributed by atoms with van der Waals surface area (Å²) in [5.74, 6) is 0.646. The van der Waals surface area contributed by atoms with Crippen molar-refractivity contribution in [1.29, 1.82) is 0 Å². The largest absolute Gasteiger partial charge is 0.494 e. The van der Waals surface area contributed by atoms with Gasteiger partial charge >= 0.3 is 0 Å². The van der Waals surface area contributed by atoms with Crippen LogP contribution >= 0.6 is 34.7 Å². The first kappa shape index (κ1) is 22.4. The molecule has 4 nitrogen and oxygen atoms in total. The highest BCUT2D eigenvalue weighted by Crippen LogP contribution is 2.36. The van der Waals surface area contributed by atoms with Crippen LogP contribution < -0.4 is 10.3 Å². The summed E-state index contributed by atoms with van der Waals surface area (Å²) < 4.78 is 21.6. The lowest BCUT2D eigenvalue weighted by molar-refractivity contribution is 0.340. The number of aromatic nitrogens is 2. The summed E-state index contributed by atoms with van der Waals surface area (Å²) in [6.45, 7) is 2.50. The van der Waals surface area contributed by atoms with Gasteiger partial charge in [-0.3, -0.25) is 9.36 Å². The van der Waals surface area contributed by atoms with Gasteiger partial charge < -0.3 is 4.74 Å². The number of ether oxygens (including phenoxy) is 1. The summed E-state index contributed by atoms with van der Waals surface area (Å²) in [6, 6.07) is 12.1. The Morgan fingerprint density at radius 1 is 1.18 bits per heavy atom. The molecule has 8 heteroatoms. The molecule has 1 aliphatic rings. The summed E-state index contributed by atoms with van der Waals surface area (Å²) >= 11 is 9.17. The van der Waals surface area contributed by atoms with Crippen molar-refractivity contribution < 1.29 is 9.13 Å². The van der Waals surface area contributed by atoms with Crippen LogP contribution in [0, 0.1) is 5.82 Å². The predicted molar refractivity (Wildman–Crippen MR) is 134 cm³/mol. The number of aryl methyl sites for hydroxylation is 2. The maximum absolute atomic E-state index is 14.4. The minimum atomic E-state index is -0.363. The van der Waals surface area contributed by atoms with Crippen LogP contribution in [0.25, 0.3) is 15.9 Å². The first-order valence-electron chi connectivity index (χ1n) is 10.9. The van der Waals surface area contributed by atoms with Crippen molar-refractivity contribution in [1.82, 2.24) is 9.55 Å². The molecule has 0 unspecified atom stereocenters. The summed E-state index contributed by atoms with van der Waals surface area (Å²) in [7, 11) is 0. The molecule has 0 amide bonds. The third-order valence-electron chi connectivity index (χ3n) is 5.77. The Hall–Kier alpha value is -2.35. The van der Waals surface area contributed by atoms with E-state index in [1.807, 2.05) is 31.2 Å². The lowest BCUT2D eigenvalue weighted by Gasteiger charge is -2.14. The Balaban J connectivity index is 1.64. The van der Waals surface area contributed by atoms with E-state index in [1.165, 1.54) is 22.7 Å². The molecule has 4 aromatic rings. The average Bonchev–Trinajstić information content (AvgIpc) is 3.18. The standard InChI is InChI=1S/C25H22ClFN2O2S2/c1-2-31-16-12-10-15(11-13-16)29-24(30)22-17-6-3-4-9-21(17)33-23(22)28-25(29)32-14-18-19(26)7-5-8-20(18)27/h5,7-8,10-13H,2-4,6,9,14H2,1H3. The monoisotopic (exact) mass is 500 g/mol. The van der Waals surface area contributed by atoms with Gasteiger partial charge in [0.1, 0.15) is 16.4 Å². The van der Waals surface area contributed by atoms with Crippen LogP contribution in [0.5, 0.6) is 5.75 Å². The molecule has 33 heavy (non-hydrogen) atoms. The lowest BCUT2D eigenvalue weighted by atomic mass is 9.97. The van der Waals surface area contributed by atoms with E-state index in [-0.39, 0.29) is 17.1 Å². The van der Waals surface area contributed by atoms with Gasteiger partial charge in [-0.25, -0.2) is 9.37 Å². The zero-order valence-electron chi connectivity index (χ0n) is 18.1. The molecule has 0 spiro atoms. The quantitative estimate of drug-likeness (QED) is 0.215. The van der Waals surface area contributed by atoms with Crippen LogP contribution in [-0.4, -0.2) is 16.2 Å². The van der Waals surface area contributed by atoms with E-state index in [4.69, 9.17) is 21.3 Å². The number of thioether (sulfide) groups is 1. The second-order valence-electron chi connectivity index (χ2n) is 7.84. The van der Waals surface area contributed by atoms with Gasteiger partial charge in [0.25, 0.3) is 5.56 Å². The lowest BCUT2D eigenvalue weighted by Crippen LogP contribution is -2.22. The number of thiophene rings is 1. The molecule has 2 aromatic heterocycles. The normalized spacial score (nSPS) is 13.3. The fourth-order valence-corrected chi connectivity index (χ4v) is 6.83. The highest BCUT2D eigenvalue weighted by molar-refractivity contribution is 7.98. The first-order chi connectivity index (χ1) is 16.1. The second kappa shape index (κ2) is 9.49. The Labute approximate surface area is 204 Å². The van der Waals surface area contributed by atoms with E-state index in [2.05, 4.69) is 0 Å². The second-order valence-corrected chi connectivity index (χ2v) is 10.3. The third-order valence-corrected chi connectivity index (χ3v) is 8.28. The van der Waals surface area contributed by atoms with Gasteiger partial charge in [0, 0.05) is 21.2 Å². The Morgan fingerprint density at radius 2 is 1.97 bits per heavy atom. The van der Waals surface area contributed by atoms with E-state index in [9.17, 15) is 9.18 Å². The van der Waals surface area contributed by atoms with E-state index in [0.29, 0.717) is 28.0 Å². The number of halogens is 2. The van der Waals surface area contributed by atoms with Gasteiger partial charge in [-0.1, -0.05) is 29.4 Å². The van der Waals surface area contributed by atoms with Crippen molar-refractivity contribution in [3.8, 4) is 11.4 Å². The van der Waals surface area contributed by atoms with Crippen molar-refractivity contribution in [2.45, 2.75) is 43.5 Å². The zero-order valence-corrected chi connectivity index (χ0v) is 20.5. The van der Waals surface area contributed by atoms with Crippen LogP contribution in [0.2, 0.25) is 5.02 Å². The highest BCUT2D eigenvalue weighted by atomic mass is 35.5. The van der Waals surface area contributed by atoms with E-state index >= 15 is 0 Å². The molecule has 0 saturated carbocycles. The number of rotatable bonds is 6. The SMILES string of the molecule is CCOc1ccc(-n2c(SCc3c(F)cccc3Cl)nc3sc4c(c3c2=O)CCCC4)cc1. The fourth-order valence-electron chi connectivity index (χ4n) is 4.18. The van der Waals surface area contributed by atoms with Gasteiger partial charge in [0.05, 0.1) is 17.7 Å². The van der Waals surface area contributed by atoms with Gasteiger partial charge in [-0.05, 0) is 74.6 Å². The molecule has 0 fully saturated rings. The molecule has 0 N–H and O–H groups in total. The number of nitrogens with zero attached hydrogens (tertiary/aromatic N) is 2. The molecular formula is C25H22ClFN2O2S2. The minimum absolute atomic E-state index is 0.0781. The molecule has 0 bridgehead atoms. The highest BCUT2D eigenvalue weighted by Gasteiger charge is 2.23. The Morgan fingerprint density at radius 3 is 2.73 bits per heavy atom. The smallest absolute Gasteiger partial charge is 0.267 e. The van der Waals surface area contributed by atoms with E-state index < -0.39 is 0 Å². The van der Waals surface area contributed by atoms with Crippen molar-refractivity contribution in [2.75, 3.05) is 6.61 Å². The topological polar surface area (TPSA) is 44.1 Å². The number of hydrogen-bond donors (Lipinski definition) is 0. The van der Waals surface area contributed by atoms with Crippen LogP contribution in [-0.2, 0) is 18.6 Å². The molecule has 0 radical (unpaired) electrons. The van der Waals surface area contributed by atoms with Crippen molar-refractivity contribution in [3.63, 3.8) is 0 Å². The minimum Gasteiger partial charge on any atom is -0.494 e.